The number of nitrogens with zero attached hydrogens (tertiary/aromatic N) is 1. The number of hydrogen-bond acceptors (Lipinski definition) is 3. The Bertz CT molecular complexity index is 342. The Morgan fingerprint density at radius 3 is 2.16 bits per heavy atom. The molecule has 1 rings (SSSR count). The Hall–Kier alpha value is -1.10. The van der Waals surface area contributed by atoms with Gasteiger partial charge in [-0.3, -0.25) is 9.59 Å². The number of carbonyl (C=O) groups excluding carboxylic acids is 1. The largest absolute Gasteiger partial charge is 0.481 e. The van der Waals surface area contributed by atoms with E-state index in [4.69, 9.17) is 9.84 Å². The normalized spacial score (nSPS) is 30.6. The quantitative estimate of drug-likeness (QED) is 0.827. The zero-order valence-electron chi connectivity index (χ0n) is 12.4. The van der Waals surface area contributed by atoms with Gasteiger partial charge >= 0.3 is 5.97 Å². The molecule has 0 bridgehead atoms. The van der Waals surface area contributed by atoms with Gasteiger partial charge in [0.25, 0.3) is 0 Å². The minimum atomic E-state index is -0.879. The molecule has 0 aromatic rings. The summed E-state index contributed by atoms with van der Waals surface area (Å²) in [7, 11) is 0. The minimum absolute atomic E-state index is 0.00200. The summed E-state index contributed by atoms with van der Waals surface area (Å²) in [5.74, 6) is -0.879. The minimum Gasteiger partial charge on any atom is -0.481 e. The second-order valence-corrected chi connectivity index (χ2v) is 5.70. The van der Waals surface area contributed by atoms with Crippen LogP contribution in [-0.4, -0.2) is 46.7 Å². The monoisotopic (exact) mass is 271 g/mol. The molecule has 1 amide bonds. The number of carboxylic acids is 1. The van der Waals surface area contributed by atoms with Crippen LogP contribution in [0.25, 0.3) is 0 Å². The lowest BCUT2D eigenvalue weighted by molar-refractivity contribution is -0.142. The van der Waals surface area contributed by atoms with Crippen LogP contribution in [0.4, 0.5) is 0 Å². The number of aliphatic carboxylic acids is 1. The molecular formula is C14H25NO4. The van der Waals surface area contributed by atoms with Gasteiger partial charge in [0.2, 0.25) is 5.91 Å². The first-order chi connectivity index (χ1) is 8.75. The van der Waals surface area contributed by atoms with Crippen LogP contribution < -0.4 is 0 Å². The van der Waals surface area contributed by atoms with Crippen LogP contribution in [0.5, 0.6) is 0 Å². The highest BCUT2D eigenvalue weighted by atomic mass is 16.5. The van der Waals surface area contributed by atoms with Crippen molar-refractivity contribution in [2.24, 2.45) is 11.8 Å². The fraction of sp³-hybridized carbons (Fsp3) is 0.857. The van der Waals surface area contributed by atoms with Gasteiger partial charge in [-0.05, 0) is 33.6 Å². The molecular weight excluding hydrogens is 246 g/mol. The molecule has 1 fully saturated rings. The first-order valence-corrected chi connectivity index (χ1v) is 6.93. The molecule has 1 saturated heterocycles. The number of hydrogen-bond donors (Lipinski definition) is 1. The summed E-state index contributed by atoms with van der Waals surface area (Å²) in [4.78, 5) is 25.0. The molecule has 4 unspecified atom stereocenters. The lowest BCUT2D eigenvalue weighted by atomic mass is 9.88. The van der Waals surface area contributed by atoms with Crippen molar-refractivity contribution < 1.29 is 19.4 Å². The zero-order chi connectivity index (χ0) is 14.7. The van der Waals surface area contributed by atoms with E-state index in [1.807, 2.05) is 34.6 Å². The zero-order valence-corrected chi connectivity index (χ0v) is 12.4. The number of carboxylic acid groups (broad SMARTS) is 1. The number of carbonyl (C=O) groups is 2. The topological polar surface area (TPSA) is 66.8 Å². The molecule has 0 saturated carbocycles. The van der Waals surface area contributed by atoms with Gasteiger partial charge < -0.3 is 14.7 Å². The SMILES string of the molecule is CC1OC(C)C(C(=O)N(CCC(=O)O)C(C)C)C1C. The average Bonchev–Trinajstić information content (AvgIpc) is 2.52. The second kappa shape index (κ2) is 6.37. The number of amides is 1. The summed E-state index contributed by atoms with van der Waals surface area (Å²) in [5, 5.41) is 8.77. The van der Waals surface area contributed by atoms with Crippen molar-refractivity contribution in [2.75, 3.05) is 6.54 Å². The Kier molecular flexibility index (Phi) is 5.35. The lowest BCUT2D eigenvalue weighted by Crippen LogP contribution is -2.45. The molecule has 1 aliphatic heterocycles. The van der Waals surface area contributed by atoms with Crippen LogP contribution in [0.2, 0.25) is 0 Å². The molecule has 1 heterocycles. The van der Waals surface area contributed by atoms with Crippen LogP contribution in [0.15, 0.2) is 0 Å². The fourth-order valence-corrected chi connectivity index (χ4v) is 2.72. The van der Waals surface area contributed by atoms with E-state index in [1.54, 1.807) is 4.90 Å². The van der Waals surface area contributed by atoms with E-state index in [0.29, 0.717) is 0 Å². The van der Waals surface area contributed by atoms with E-state index in [1.165, 1.54) is 0 Å². The van der Waals surface area contributed by atoms with Crippen molar-refractivity contribution in [2.45, 2.75) is 59.3 Å². The number of ether oxygens (including phenoxy) is 1. The third-order valence-corrected chi connectivity index (χ3v) is 4.00. The Morgan fingerprint density at radius 1 is 1.21 bits per heavy atom. The molecule has 5 nitrogen and oxygen atoms in total. The summed E-state index contributed by atoms with van der Waals surface area (Å²) in [6, 6.07) is 0.00200. The van der Waals surface area contributed by atoms with E-state index in [9.17, 15) is 9.59 Å². The summed E-state index contributed by atoms with van der Waals surface area (Å²) < 4.78 is 5.70. The molecule has 0 spiro atoms. The standard InChI is InChI=1S/C14H25NO4/c1-8(2)15(7-6-12(16)17)14(18)13-9(3)10(4)19-11(13)5/h8-11,13H,6-7H2,1-5H3,(H,16,17). The molecule has 0 radical (unpaired) electrons. The molecule has 1 aliphatic rings. The van der Waals surface area contributed by atoms with Crippen molar-refractivity contribution in [3.8, 4) is 0 Å². The lowest BCUT2D eigenvalue weighted by Gasteiger charge is -2.31. The van der Waals surface area contributed by atoms with Crippen molar-refractivity contribution in [1.82, 2.24) is 4.90 Å². The Balaban J connectivity index is 2.79. The van der Waals surface area contributed by atoms with Crippen molar-refractivity contribution in [3.63, 3.8) is 0 Å². The predicted octanol–water partition coefficient (Wildman–Crippen LogP) is 1.76. The summed E-state index contributed by atoms with van der Waals surface area (Å²) in [6.07, 6.45) is -0.0588. The van der Waals surface area contributed by atoms with Crippen LogP contribution in [0.1, 0.15) is 41.0 Å². The highest BCUT2D eigenvalue weighted by Crippen LogP contribution is 2.33. The molecule has 0 aromatic heterocycles. The van der Waals surface area contributed by atoms with Crippen LogP contribution in [0.3, 0.4) is 0 Å². The Morgan fingerprint density at radius 2 is 1.79 bits per heavy atom. The van der Waals surface area contributed by atoms with Gasteiger partial charge in [0.1, 0.15) is 0 Å². The molecule has 110 valence electrons. The van der Waals surface area contributed by atoms with Gasteiger partial charge in [-0.2, -0.15) is 0 Å². The van der Waals surface area contributed by atoms with Gasteiger partial charge in [-0.15, -0.1) is 0 Å². The highest BCUT2D eigenvalue weighted by molar-refractivity contribution is 5.81. The third kappa shape index (κ3) is 3.69. The first-order valence-electron chi connectivity index (χ1n) is 6.93. The van der Waals surface area contributed by atoms with Gasteiger partial charge in [-0.25, -0.2) is 0 Å². The van der Waals surface area contributed by atoms with Crippen LogP contribution in [0, 0.1) is 11.8 Å². The first kappa shape index (κ1) is 16.0. The van der Waals surface area contributed by atoms with E-state index in [2.05, 4.69) is 0 Å². The van der Waals surface area contributed by atoms with E-state index in [-0.39, 0.29) is 49.0 Å². The average molecular weight is 271 g/mol. The fourth-order valence-electron chi connectivity index (χ4n) is 2.72. The van der Waals surface area contributed by atoms with Gasteiger partial charge in [0.15, 0.2) is 0 Å². The van der Waals surface area contributed by atoms with E-state index in [0.717, 1.165) is 0 Å². The maximum absolute atomic E-state index is 12.6. The molecule has 5 heteroatoms. The highest BCUT2D eigenvalue weighted by Gasteiger charge is 2.43. The van der Waals surface area contributed by atoms with E-state index < -0.39 is 5.97 Å². The predicted molar refractivity (Wildman–Crippen MR) is 71.8 cm³/mol. The van der Waals surface area contributed by atoms with Crippen molar-refractivity contribution in [1.29, 1.82) is 0 Å². The maximum atomic E-state index is 12.6. The van der Waals surface area contributed by atoms with Gasteiger partial charge in [0.05, 0.1) is 24.5 Å². The molecule has 0 aliphatic carbocycles. The molecule has 0 aromatic carbocycles. The summed E-state index contributed by atoms with van der Waals surface area (Å²) in [5.41, 5.74) is 0. The van der Waals surface area contributed by atoms with Crippen molar-refractivity contribution in [3.05, 3.63) is 0 Å². The third-order valence-electron chi connectivity index (χ3n) is 4.00. The van der Waals surface area contributed by atoms with Gasteiger partial charge in [-0.1, -0.05) is 6.92 Å². The van der Waals surface area contributed by atoms with Crippen LogP contribution in [-0.2, 0) is 14.3 Å². The molecule has 19 heavy (non-hydrogen) atoms. The number of rotatable bonds is 5. The molecule has 1 N–H and O–H groups in total. The smallest absolute Gasteiger partial charge is 0.305 e. The van der Waals surface area contributed by atoms with Crippen molar-refractivity contribution >= 4 is 11.9 Å². The van der Waals surface area contributed by atoms with Gasteiger partial charge in [0, 0.05) is 12.6 Å². The maximum Gasteiger partial charge on any atom is 0.305 e. The van der Waals surface area contributed by atoms with Crippen LogP contribution >= 0.6 is 0 Å². The summed E-state index contributed by atoms with van der Waals surface area (Å²) in [6.45, 7) is 9.99. The Labute approximate surface area is 114 Å². The van der Waals surface area contributed by atoms with E-state index >= 15 is 0 Å². The molecule has 4 atom stereocenters. The summed E-state index contributed by atoms with van der Waals surface area (Å²) >= 11 is 0. The second-order valence-electron chi connectivity index (χ2n) is 5.70.